The minimum atomic E-state index is -0.457. The number of amides is 2. The summed E-state index contributed by atoms with van der Waals surface area (Å²) >= 11 is 5.19. The summed E-state index contributed by atoms with van der Waals surface area (Å²) in [6.07, 6.45) is 0. The van der Waals surface area contributed by atoms with Gasteiger partial charge in [0.15, 0.2) is 5.11 Å². The molecule has 0 aliphatic heterocycles. The van der Waals surface area contributed by atoms with E-state index < -0.39 is 11.7 Å². The van der Waals surface area contributed by atoms with Crippen molar-refractivity contribution < 1.29 is 14.0 Å². The van der Waals surface area contributed by atoms with Gasteiger partial charge in [-0.05, 0) is 73.7 Å². The van der Waals surface area contributed by atoms with Gasteiger partial charge < -0.3 is 10.2 Å². The monoisotopic (exact) mass is 421 g/mol. The van der Waals surface area contributed by atoms with E-state index in [0.29, 0.717) is 17.8 Å². The predicted molar refractivity (Wildman–Crippen MR) is 120 cm³/mol. The van der Waals surface area contributed by atoms with Gasteiger partial charge in [-0.15, -0.1) is 0 Å². The van der Waals surface area contributed by atoms with Crippen LogP contribution in [0.5, 0.6) is 0 Å². The van der Waals surface area contributed by atoms with Crippen LogP contribution in [-0.4, -0.2) is 23.5 Å². The van der Waals surface area contributed by atoms with Crippen molar-refractivity contribution in [2.24, 2.45) is 0 Å². The van der Waals surface area contributed by atoms with E-state index in [9.17, 15) is 14.0 Å². The van der Waals surface area contributed by atoms with Gasteiger partial charge >= 0.3 is 0 Å². The highest BCUT2D eigenvalue weighted by Crippen LogP contribution is 2.18. The van der Waals surface area contributed by atoms with Crippen molar-refractivity contribution in [3.8, 4) is 0 Å². The molecule has 3 aromatic rings. The van der Waals surface area contributed by atoms with Crippen LogP contribution in [0.15, 0.2) is 78.9 Å². The molecule has 0 radical (unpaired) electrons. The van der Waals surface area contributed by atoms with E-state index in [0.717, 1.165) is 5.69 Å². The number of halogens is 1. The Bertz CT molecular complexity index is 1060. The lowest BCUT2D eigenvalue weighted by molar-refractivity contribution is 0.0973. The molecule has 0 aliphatic rings. The highest BCUT2D eigenvalue weighted by atomic mass is 32.1. The first-order valence-electron chi connectivity index (χ1n) is 9.33. The summed E-state index contributed by atoms with van der Waals surface area (Å²) in [5.41, 5.74) is 2.14. The third kappa shape index (κ3) is 5.27. The Kier molecular flexibility index (Phi) is 6.87. The van der Waals surface area contributed by atoms with Gasteiger partial charge in [-0.2, -0.15) is 0 Å². The molecule has 0 spiro atoms. The number of rotatable bonds is 5. The molecule has 0 atom stereocenters. The van der Waals surface area contributed by atoms with Crippen molar-refractivity contribution in [3.05, 3.63) is 95.8 Å². The molecule has 0 aromatic heterocycles. The Hall–Kier alpha value is -3.58. The number of nitrogens with one attached hydrogen (secondary N) is 2. The normalized spacial score (nSPS) is 10.2. The van der Waals surface area contributed by atoms with Gasteiger partial charge in [-0.25, -0.2) is 4.39 Å². The Morgan fingerprint density at radius 3 is 2.30 bits per heavy atom. The Balaban J connectivity index is 1.68. The second-order valence-electron chi connectivity index (χ2n) is 6.38. The summed E-state index contributed by atoms with van der Waals surface area (Å²) in [7, 11) is 0. The third-order valence-corrected chi connectivity index (χ3v) is 4.53. The van der Waals surface area contributed by atoms with Crippen LogP contribution < -0.4 is 15.5 Å². The first kappa shape index (κ1) is 21.1. The maximum Gasteiger partial charge on any atom is 0.258 e. The molecule has 0 saturated carbocycles. The quantitative estimate of drug-likeness (QED) is 0.590. The molecular formula is C23H20FN3O2S. The van der Waals surface area contributed by atoms with E-state index in [2.05, 4.69) is 10.6 Å². The number of nitrogens with zero attached hydrogens (tertiary/aromatic N) is 1. The third-order valence-electron chi connectivity index (χ3n) is 4.33. The van der Waals surface area contributed by atoms with Crippen molar-refractivity contribution in [2.45, 2.75) is 6.92 Å². The summed E-state index contributed by atoms with van der Waals surface area (Å²) in [6, 6.07) is 21.4. The first-order chi connectivity index (χ1) is 14.5. The number of benzene rings is 3. The molecule has 30 heavy (non-hydrogen) atoms. The van der Waals surface area contributed by atoms with Crippen LogP contribution in [0.25, 0.3) is 0 Å². The molecule has 7 heteroatoms. The summed E-state index contributed by atoms with van der Waals surface area (Å²) in [5.74, 6) is -1.03. The van der Waals surface area contributed by atoms with Crippen LogP contribution in [0.1, 0.15) is 27.6 Å². The van der Waals surface area contributed by atoms with Crippen LogP contribution >= 0.6 is 12.2 Å². The molecule has 0 unspecified atom stereocenters. The first-order valence-corrected chi connectivity index (χ1v) is 9.73. The summed E-state index contributed by atoms with van der Waals surface area (Å²) in [5, 5.41) is 5.51. The molecule has 0 fully saturated rings. The number of carbonyl (C=O) groups excluding carboxylic acids is 2. The summed E-state index contributed by atoms with van der Waals surface area (Å²) < 4.78 is 13.0. The highest BCUT2D eigenvalue weighted by molar-refractivity contribution is 7.80. The van der Waals surface area contributed by atoms with Crippen LogP contribution in [0, 0.1) is 5.82 Å². The maximum atomic E-state index is 13.0. The molecule has 3 aromatic carbocycles. The molecule has 3 rings (SSSR count). The average Bonchev–Trinajstić information content (AvgIpc) is 2.75. The van der Waals surface area contributed by atoms with Crippen molar-refractivity contribution in [1.82, 2.24) is 5.32 Å². The van der Waals surface area contributed by atoms with E-state index in [-0.39, 0.29) is 16.6 Å². The molecular weight excluding hydrogens is 401 g/mol. The zero-order valence-electron chi connectivity index (χ0n) is 16.3. The van der Waals surface area contributed by atoms with Crippen molar-refractivity contribution in [1.29, 1.82) is 0 Å². The summed E-state index contributed by atoms with van der Waals surface area (Å²) in [6.45, 7) is 2.43. The van der Waals surface area contributed by atoms with E-state index in [1.165, 1.54) is 24.3 Å². The largest absolute Gasteiger partial charge is 0.332 e. The van der Waals surface area contributed by atoms with Gasteiger partial charge in [-0.1, -0.05) is 24.3 Å². The minimum absolute atomic E-state index is 0.0735. The smallest absolute Gasteiger partial charge is 0.258 e. The molecule has 2 amide bonds. The zero-order chi connectivity index (χ0) is 21.5. The lowest BCUT2D eigenvalue weighted by atomic mass is 10.1. The number of hydrogen-bond donors (Lipinski definition) is 2. The minimum Gasteiger partial charge on any atom is -0.332 e. The van der Waals surface area contributed by atoms with Crippen molar-refractivity contribution >= 4 is 40.5 Å². The van der Waals surface area contributed by atoms with E-state index in [1.54, 1.807) is 29.2 Å². The lowest BCUT2D eigenvalue weighted by Gasteiger charge is -2.21. The Morgan fingerprint density at radius 2 is 1.63 bits per heavy atom. The zero-order valence-corrected chi connectivity index (χ0v) is 17.1. The fourth-order valence-electron chi connectivity index (χ4n) is 2.88. The van der Waals surface area contributed by atoms with Gasteiger partial charge in [0.25, 0.3) is 11.8 Å². The van der Waals surface area contributed by atoms with Crippen molar-refractivity contribution in [2.75, 3.05) is 16.8 Å². The number of para-hydroxylation sites is 1. The van der Waals surface area contributed by atoms with Crippen molar-refractivity contribution in [3.63, 3.8) is 0 Å². The molecule has 0 heterocycles. The lowest BCUT2D eigenvalue weighted by Crippen LogP contribution is -2.34. The number of thiocarbonyl (C=S) groups is 1. The van der Waals surface area contributed by atoms with Gasteiger partial charge in [0, 0.05) is 29.0 Å². The van der Waals surface area contributed by atoms with Gasteiger partial charge in [-0.3, -0.25) is 14.9 Å². The summed E-state index contributed by atoms with van der Waals surface area (Å²) in [4.78, 5) is 26.8. The number of hydrogen-bond acceptors (Lipinski definition) is 3. The molecule has 5 nitrogen and oxygen atoms in total. The second-order valence-corrected chi connectivity index (χ2v) is 6.79. The van der Waals surface area contributed by atoms with Gasteiger partial charge in [0.05, 0.1) is 0 Å². The van der Waals surface area contributed by atoms with E-state index >= 15 is 0 Å². The number of anilines is 2. The SMILES string of the molecule is CCN(C(=O)c1cccc(NC(=S)NC(=O)c2ccc(F)cc2)c1)c1ccccc1. The molecule has 0 bridgehead atoms. The van der Waals surface area contributed by atoms with E-state index in [1.807, 2.05) is 37.3 Å². The van der Waals surface area contributed by atoms with Crippen LogP contribution in [0.4, 0.5) is 15.8 Å². The molecule has 2 N–H and O–H groups in total. The predicted octanol–water partition coefficient (Wildman–Crippen LogP) is 4.62. The van der Waals surface area contributed by atoms with E-state index in [4.69, 9.17) is 12.2 Å². The van der Waals surface area contributed by atoms with Gasteiger partial charge in [0.1, 0.15) is 5.82 Å². The standard InChI is InChI=1S/C23H20FN3O2S/c1-2-27(20-9-4-3-5-10-20)22(29)17-7-6-8-19(15-17)25-23(30)26-21(28)16-11-13-18(24)14-12-16/h3-15H,2H2,1H3,(H2,25,26,28,30). The maximum absolute atomic E-state index is 13.0. The highest BCUT2D eigenvalue weighted by Gasteiger charge is 2.16. The molecule has 152 valence electrons. The molecule has 0 aliphatic carbocycles. The Labute approximate surface area is 179 Å². The van der Waals surface area contributed by atoms with Gasteiger partial charge in [0.2, 0.25) is 0 Å². The van der Waals surface area contributed by atoms with Crippen LogP contribution in [0.2, 0.25) is 0 Å². The van der Waals surface area contributed by atoms with Crippen LogP contribution in [0.3, 0.4) is 0 Å². The van der Waals surface area contributed by atoms with Crippen LogP contribution in [-0.2, 0) is 0 Å². The Morgan fingerprint density at radius 1 is 0.933 bits per heavy atom. The average molecular weight is 421 g/mol. The molecule has 0 saturated heterocycles. The topological polar surface area (TPSA) is 61.4 Å². The number of carbonyl (C=O) groups is 2. The second kappa shape index (κ2) is 9.76. The fraction of sp³-hybridized carbons (Fsp3) is 0.0870. The fourth-order valence-corrected chi connectivity index (χ4v) is 3.09.